The summed E-state index contributed by atoms with van der Waals surface area (Å²) in [5, 5.41) is 1.42. The number of halogens is 3. The molecule has 0 unspecified atom stereocenters. The van der Waals surface area contributed by atoms with E-state index < -0.39 is 12.3 Å². The maximum atomic E-state index is 11.8. The van der Waals surface area contributed by atoms with Crippen LogP contribution in [0.3, 0.4) is 0 Å². The van der Waals surface area contributed by atoms with Crippen LogP contribution in [0.1, 0.15) is 5.56 Å². The van der Waals surface area contributed by atoms with E-state index in [-0.39, 0.29) is 6.54 Å². The molecule has 1 atom stereocenters. The average Bonchev–Trinajstić information content (AvgIpc) is 2.15. The van der Waals surface area contributed by atoms with Crippen molar-refractivity contribution in [3.8, 4) is 0 Å². The van der Waals surface area contributed by atoms with Gasteiger partial charge in [0.05, 0.1) is 0 Å². The first kappa shape index (κ1) is 12.0. The van der Waals surface area contributed by atoms with Crippen LogP contribution in [0, 0.1) is 0 Å². The Hall–Kier alpha value is -1.07. The molecule has 0 fully saturated rings. The molecule has 0 spiro atoms. The fourth-order valence-electron chi connectivity index (χ4n) is 1.24. The van der Waals surface area contributed by atoms with E-state index in [4.69, 9.17) is 5.73 Å². The number of alkyl halides is 3. The van der Waals surface area contributed by atoms with E-state index in [0.29, 0.717) is 6.42 Å². The lowest BCUT2D eigenvalue weighted by atomic mass is 10.1. The van der Waals surface area contributed by atoms with Gasteiger partial charge in [0.1, 0.15) is 0 Å². The molecule has 0 saturated heterocycles. The van der Waals surface area contributed by atoms with Crippen LogP contribution in [-0.2, 0) is 6.42 Å². The van der Waals surface area contributed by atoms with Gasteiger partial charge in [-0.2, -0.15) is 13.2 Å². The summed E-state index contributed by atoms with van der Waals surface area (Å²) in [4.78, 5) is 0. The zero-order valence-corrected chi connectivity index (χ0v) is 8.09. The largest absolute Gasteiger partial charge is 0.457 e. The lowest BCUT2D eigenvalue weighted by Crippen LogP contribution is -2.42. The fourth-order valence-corrected chi connectivity index (χ4v) is 1.24. The van der Waals surface area contributed by atoms with Crippen molar-refractivity contribution in [2.45, 2.75) is 18.8 Å². The molecule has 15 heavy (non-hydrogen) atoms. The zero-order chi connectivity index (χ0) is 11.3. The molecule has 0 heterocycles. The Bertz CT molecular complexity index is 284. The van der Waals surface area contributed by atoms with Crippen molar-refractivity contribution in [2.24, 2.45) is 5.73 Å². The molecule has 84 valence electrons. The van der Waals surface area contributed by atoms with Gasteiger partial charge in [-0.05, 0) is 12.0 Å². The van der Waals surface area contributed by atoms with Crippen LogP contribution < -0.4 is 11.1 Å². The van der Waals surface area contributed by atoms with E-state index in [2.05, 4.69) is 0 Å². The molecule has 1 aromatic carbocycles. The molecule has 0 aliphatic rings. The molecule has 1 aromatic rings. The van der Waals surface area contributed by atoms with Crippen molar-refractivity contribution in [1.82, 2.24) is 5.32 Å². The maximum Gasteiger partial charge on any atom is 0.457 e. The van der Waals surface area contributed by atoms with Crippen molar-refractivity contribution in [3.05, 3.63) is 35.9 Å². The summed E-state index contributed by atoms with van der Waals surface area (Å²) in [7, 11) is 0. The minimum Gasteiger partial charge on any atom is -0.326 e. The molecule has 1 rings (SSSR count). The van der Waals surface area contributed by atoms with Crippen LogP contribution in [0.5, 0.6) is 0 Å². The van der Waals surface area contributed by atoms with Crippen molar-refractivity contribution >= 4 is 0 Å². The second-order valence-electron chi connectivity index (χ2n) is 3.33. The van der Waals surface area contributed by atoms with E-state index in [0.717, 1.165) is 5.56 Å². The van der Waals surface area contributed by atoms with E-state index in [1.165, 1.54) is 5.32 Å². The Labute approximate surface area is 86.3 Å². The lowest BCUT2D eigenvalue weighted by Gasteiger charge is -2.14. The summed E-state index contributed by atoms with van der Waals surface area (Å²) in [6, 6.07) is 8.66. The van der Waals surface area contributed by atoms with Crippen LogP contribution in [0.15, 0.2) is 30.3 Å². The van der Waals surface area contributed by atoms with Crippen LogP contribution in [0.4, 0.5) is 13.2 Å². The Balaban J connectivity index is 2.34. The van der Waals surface area contributed by atoms with Crippen molar-refractivity contribution in [2.75, 3.05) is 6.54 Å². The van der Waals surface area contributed by atoms with E-state index >= 15 is 0 Å². The molecule has 3 N–H and O–H groups in total. The summed E-state index contributed by atoms with van der Waals surface area (Å²) in [6.07, 6.45) is -3.92. The molecule has 0 saturated carbocycles. The Morgan fingerprint density at radius 3 is 2.33 bits per heavy atom. The lowest BCUT2D eigenvalue weighted by molar-refractivity contribution is -0.157. The van der Waals surface area contributed by atoms with Gasteiger partial charge < -0.3 is 5.73 Å². The van der Waals surface area contributed by atoms with Gasteiger partial charge in [-0.25, -0.2) is 5.32 Å². The first-order valence-electron chi connectivity index (χ1n) is 4.58. The van der Waals surface area contributed by atoms with E-state index in [9.17, 15) is 13.2 Å². The predicted molar refractivity (Wildman–Crippen MR) is 52.2 cm³/mol. The van der Waals surface area contributed by atoms with Gasteiger partial charge in [-0.15, -0.1) is 0 Å². The third-order valence-electron chi connectivity index (χ3n) is 1.91. The van der Waals surface area contributed by atoms with Crippen LogP contribution in [0.2, 0.25) is 0 Å². The smallest absolute Gasteiger partial charge is 0.326 e. The third kappa shape index (κ3) is 5.39. The van der Waals surface area contributed by atoms with Crippen molar-refractivity contribution in [3.63, 3.8) is 0 Å². The first-order chi connectivity index (χ1) is 6.97. The monoisotopic (exact) mass is 218 g/mol. The van der Waals surface area contributed by atoms with Gasteiger partial charge in [-0.1, -0.05) is 30.3 Å². The molecule has 5 heteroatoms. The molecular weight excluding hydrogens is 205 g/mol. The molecule has 0 bridgehead atoms. The van der Waals surface area contributed by atoms with Gasteiger partial charge in [0, 0.05) is 12.6 Å². The topological polar surface area (TPSA) is 38.0 Å². The highest BCUT2D eigenvalue weighted by Crippen LogP contribution is 2.09. The number of nitrogens with one attached hydrogen (secondary N) is 1. The molecule has 0 amide bonds. The highest BCUT2D eigenvalue weighted by atomic mass is 19.4. The summed E-state index contributed by atoms with van der Waals surface area (Å²) in [6.45, 7) is -0.265. The van der Waals surface area contributed by atoms with Crippen LogP contribution >= 0.6 is 0 Å². The van der Waals surface area contributed by atoms with Crippen molar-refractivity contribution in [1.29, 1.82) is 0 Å². The SMILES string of the molecule is N[C@H](CNC(F)(F)F)Cc1ccccc1. The minimum atomic E-state index is -4.35. The quantitative estimate of drug-likeness (QED) is 0.754. The summed E-state index contributed by atoms with van der Waals surface area (Å²) in [5.41, 5.74) is 6.49. The van der Waals surface area contributed by atoms with Gasteiger partial charge in [0.25, 0.3) is 0 Å². The summed E-state index contributed by atoms with van der Waals surface area (Å²) in [5.74, 6) is 0. The fraction of sp³-hybridized carbons (Fsp3) is 0.400. The van der Waals surface area contributed by atoms with Crippen LogP contribution in [-0.4, -0.2) is 18.9 Å². The minimum absolute atomic E-state index is 0.265. The second-order valence-corrected chi connectivity index (χ2v) is 3.33. The number of rotatable bonds is 4. The third-order valence-corrected chi connectivity index (χ3v) is 1.91. The highest BCUT2D eigenvalue weighted by molar-refractivity contribution is 5.15. The molecule has 0 aliphatic heterocycles. The molecule has 0 aromatic heterocycles. The standard InChI is InChI=1S/C10H13F3N2/c11-10(12,13)15-7-9(14)6-8-4-2-1-3-5-8/h1-5,9,15H,6-7,14H2/t9-/m0/s1. The number of nitrogens with two attached hydrogens (primary N) is 1. The predicted octanol–water partition coefficient (Wildman–Crippen LogP) is 1.67. The van der Waals surface area contributed by atoms with Crippen molar-refractivity contribution < 1.29 is 13.2 Å². The number of hydrogen-bond acceptors (Lipinski definition) is 2. The molecular formula is C10H13F3N2. The summed E-state index contributed by atoms with van der Waals surface area (Å²) < 4.78 is 35.4. The highest BCUT2D eigenvalue weighted by Gasteiger charge is 2.26. The molecule has 0 radical (unpaired) electrons. The normalized spacial score (nSPS) is 13.9. The van der Waals surface area contributed by atoms with Gasteiger partial charge in [-0.3, -0.25) is 0 Å². The maximum absolute atomic E-state index is 11.8. The second kappa shape index (κ2) is 5.14. The van der Waals surface area contributed by atoms with E-state index in [1.807, 2.05) is 30.3 Å². The average molecular weight is 218 g/mol. The Kier molecular flexibility index (Phi) is 4.11. The van der Waals surface area contributed by atoms with E-state index in [1.54, 1.807) is 0 Å². The van der Waals surface area contributed by atoms with Gasteiger partial charge in [0.15, 0.2) is 0 Å². The Morgan fingerprint density at radius 1 is 1.20 bits per heavy atom. The Morgan fingerprint density at radius 2 is 1.80 bits per heavy atom. The molecule has 2 nitrogen and oxygen atoms in total. The number of hydrogen-bond donors (Lipinski definition) is 2. The first-order valence-corrected chi connectivity index (χ1v) is 4.58. The molecule has 0 aliphatic carbocycles. The van der Waals surface area contributed by atoms with Gasteiger partial charge in [0.2, 0.25) is 0 Å². The van der Waals surface area contributed by atoms with Crippen LogP contribution in [0.25, 0.3) is 0 Å². The van der Waals surface area contributed by atoms with Gasteiger partial charge >= 0.3 is 6.30 Å². The summed E-state index contributed by atoms with van der Waals surface area (Å²) >= 11 is 0. The zero-order valence-electron chi connectivity index (χ0n) is 8.09. The number of benzene rings is 1.